The van der Waals surface area contributed by atoms with Gasteiger partial charge in [0.15, 0.2) is 0 Å². The van der Waals surface area contributed by atoms with Crippen LogP contribution in [0.15, 0.2) is 0 Å². The summed E-state index contributed by atoms with van der Waals surface area (Å²) in [6, 6.07) is 0. The van der Waals surface area contributed by atoms with Gasteiger partial charge in [-0.2, -0.15) is 0 Å². The van der Waals surface area contributed by atoms with Gasteiger partial charge >= 0.3 is 11.9 Å². The van der Waals surface area contributed by atoms with Crippen LogP contribution in [0.1, 0.15) is 26.2 Å². The van der Waals surface area contributed by atoms with E-state index in [4.69, 9.17) is 5.11 Å². The van der Waals surface area contributed by atoms with E-state index < -0.39 is 29.7 Å². The zero-order chi connectivity index (χ0) is 12.3. The Morgan fingerprint density at radius 1 is 1.38 bits per heavy atom. The molecule has 0 saturated carbocycles. The van der Waals surface area contributed by atoms with Gasteiger partial charge in [0.05, 0.1) is 12.3 Å². The molecule has 0 radical (unpaired) electrons. The van der Waals surface area contributed by atoms with Gasteiger partial charge in [0, 0.05) is 12.8 Å². The Kier molecular flexibility index (Phi) is 3.60. The van der Waals surface area contributed by atoms with E-state index in [1.165, 1.54) is 6.92 Å². The summed E-state index contributed by atoms with van der Waals surface area (Å²) in [6.45, 7) is 1.33. The molecule has 7 heteroatoms. The van der Waals surface area contributed by atoms with Crippen LogP contribution in [0.25, 0.3) is 0 Å². The number of nitrogens with zero attached hydrogens (tertiary/aromatic N) is 1. The Hall–Kier alpha value is -1.92. The van der Waals surface area contributed by atoms with Crippen molar-refractivity contribution in [3.63, 3.8) is 0 Å². The number of carbonyl (C=O) groups excluding carboxylic acids is 3. The third-order valence-corrected chi connectivity index (χ3v) is 2.09. The molecule has 16 heavy (non-hydrogen) atoms. The maximum absolute atomic E-state index is 11.2. The Morgan fingerprint density at radius 3 is 2.31 bits per heavy atom. The minimum absolute atomic E-state index is 0.0145. The molecular formula is C9H11NO6. The molecule has 1 aliphatic heterocycles. The van der Waals surface area contributed by atoms with Crippen molar-refractivity contribution in [1.29, 1.82) is 0 Å². The van der Waals surface area contributed by atoms with Crippen molar-refractivity contribution in [3.05, 3.63) is 0 Å². The third-order valence-electron chi connectivity index (χ3n) is 2.09. The lowest BCUT2D eigenvalue weighted by Gasteiger charge is -2.13. The molecule has 0 spiro atoms. The molecule has 1 N–H and O–H groups in total. The van der Waals surface area contributed by atoms with Gasteiger partial charge in [-0.05, 0) is 0 Å². The van der Waals surface area contributed by atoms with Gasteiger partial charge in [0.1, 0.15) is 0 Å². The maximum atomic E-state index is 11.2. The molecule has 1 fully saturated rings. The maximum Gasteiger partial charge on any atom is 0.334 e. The van der Waals surface area contributed by atoms with Crippen LogP contribution in [0.4, 0.5) is 0 Å². The SMILES string of the molecule is CC(CC(=O)ON1C(=O)CCC1=O)C(=O)O. The van der Waals surface area contributed by atoms with Crippen LogP contribution in [0.2, 0.25) is 0 Å². The van der Waals surface area contributed by atoms with E-state index in [-0.39, 0.29) is 19.3 Å². The van der Waals surface area contributed by atoms with E-state index in [9.17, 15) is 19.2 Å². The van der Waals surface area contributed by atoms with Crippen LogP contribution in [0.5, 0.6) is 0 Å². The third kappa shape index (κ3) is 2.78. The van der Waals surface area contributed by atoms with Crippen LogP contribution in [-0.2, 0) is 24.0 Å². The van der Waals surface area contributed by atoms with Gasteiger partial charge < -0.3 is 9.94 Å². The summed E-state index contributed by atoms with van der Waals surface area (Å²) in [5.41, 5.74) is 0. The Labute approximate surface area is 90.9 Å². The summed E-state index contributed by atoms with van der Waals surface area (Å²) < 4.78 is 0. The highest BCUT2D eigenvalue weighted by molar-refractivity contribution is 6.01. The molecule has 1 aliphatic rings. The van der Waals surface area contributed by atoms with Gasteiger partial charge in [-0.15, -0.1) is 5.06 Å². The fraction of sp³-hybridized carbons (Fsp3) is 0.556. The van der Waals surface area contributed by atoms with Crippen molar-refractivity contribution in [2.24, 2.45) is 5.92 Å². The fourth-order valence-corrected chi connectivity index (χ4v) is 1.13. The first-order valence-corrected chi connectivity index (χ1v) is 4.71. The van der Waals surface area contributed by atoms with Gasteiger partial charge in [-0.1, -0.05) is 6.92 Å². The first-order valence-electron chi connectivity index (χ1n) is 4.71. The predicted octanol–water partition coefficient (Wildman–Crippen LogP) is -0.296. The van der Waals surface area contributed by atoms with Gasteiger partial charge in [0.25, 0.3) is 11.8 Å². The highest BCUT2D eigenvalue weighted by Gasteiger charge is 2.33. The van der Waals surface area contributed by atoms with Crippen LogP contribution in [0.3, 0.4) is 0 Å². The lowest BCUT2D eigenvalue weighted by Crippen LogP contribution is -2.33. The molecule has 1 atom stereocenters. The van der Waals surface area contributed by atoms with E-state index in [0.29, 0.717) is 5.06 Å². The quantitative estimate of drug-likeness (QED) is 0.664. The summed E-state index contributed by atoms with van der Waals surface area (Å²) in [6.07, 6.45) is -0.354. The molecule has 1 unspecified atom stereocenters. The average molecular weight is 229 g/mol. The van der Waals surface area contributed by atoms with Crippen molar-refractivity contribution in [1.82, 2.24) is 5.06 Å². The monoisotopic (exact) mass is 229 g/mol. The van der Waals surface area contributed by atoms with E-state index >= 15 is 0 Å². The topological polar surface area (TPSA) is 101 Å². The van der Waals surface area contributed by atoms with Gasteiger partial charge in [0.2, 0.25) is 0 Å². The number of aliphatic carboxylic acids is 1. The Bertz CT molecular complexity index is 334. The van der Waals surface area contributed by atoms with Crippen LogP contribution in [-0.4, -0.2) is 33.9 Å². The van der Waals surface area contributed by atoms with E-state index in [1.807, 2.05) is 0 Å². The highest BCUT2D eigenvalue weighted by atomic mass is 16.7. The number of amides is 2. The second kappa shape index (κ2) is 4.73. The molecule has 1 saturated heterocycles. The van der Waals surface area contributed by atoms with Crippen LogP contribution < -0.4 is 0 Å². The first-order chi connectivity index (χ1) is 7.41. The van der Waals surface area contributed by atoms with E-state index in [2.05, 4.69) is 4.84 Å². The van der Waals surface area contributed by atoms with Gasteiger partial charge in [-0.3, -0.25) is 14.4 Å². The second-order valence-electron chi connectivity index (χ2n) is 3.49. The molecule has 88 valence electrons. The normalized spacial score (nSPS) is 17.4. The number of hydrogen-bond acceptors (Lipinski definition) is 5. The summed E-state index contributed by atoms with van der Waals surface area (Å²) in [7, 11) is 0. The van der Waals surface area contributed by atoms with Crippen molar-refractivity contribution in [2.75, 3.05) is 0 Å². The molecule has 0 aromatic carbocycles. The van der Waals surface area contributed by atoms with Crippen molar-refractivity contribution in [3.8, 4) is 0 Å². The van der Waals surface area contributed by atoms with E-state index in [0.717, 1.165) is 0 Å². The molecule has 1 heterocycles. The lowest BCUT2D eigenvalue weighted by atomic mass is 10.1. The molecule has 1 rings (SSSR count). The highest BCUT2D eigenvalue weighted by Crippen LogP contribution is 2.13. The van der Waals surface area contributed by atoms with E-state index in [1.54, 1.807) is 0 Å². The number of carboxylic acids is 1. The molecule has 0 bridgehead atoms. The molecular weight excluding hydrogens is 218 g/mol. The number of hydroxylamine groups is 2. The van der Waals surface area contributed by atoms with Crippen molar-refractivity contribution >= 4 is 23.8 Å². The largest absolute Gasteiger partial charge is 0.481 e. The Balaban J connectivity index is 2.48. The van der Waals surface area contributed by atoms with Crippen LogP contribution in [0, 0.1) is 5.92 Å². The summed E-state index contributed by atoms with van der Waals surface area (Å²) >= 11 is 0. The zero-order valence-corrected chi connectivity index (χ0v) is 8.63. The number of hydrogen-bond donors (Lipinski definition) is 1. The molecule has 0 aromatic heterocycles. The minimum atomic E-state index is -1.14. The van der Waals surface area contributed by atoms with Crippen LogP contribution >= 0.6 is 0 Å². The average Bonchev–Trinajstić information content (AvgIpc) is 2.49. The summed E-state index contributed by atoms with van der Waals surface area (Å²) in [5.74, 6) is -4.13. The zero-order valence-electron chi connectivity index (χ0n) is 8.63. The Morgan fingerprint density at radius 2 is 1.88 bits per heavy atom. The molecule has 0 aromatic rings. The number of rotatable bonds is 4. The van der Waals surface area contributed by atoms with Crippen molar-refractivity contribution < 1.29 is 29.1 Å². The van der Waals surface area contributed by atoms with Gasteiger partial charge in [-0.25, -0.2) is 4.79 Å². The number of imide groups is 1. The molecule has 7 nitrogen and oxygen atoms in total. The molecule has 2 amide bonds. The fourth-order valence-electron chi connectivity index (χ4n) is 1.13. The number of carboxylic acid groups (broad SMARTS) is 1. The number of carbonyl (C=O) groups is 4. The second-order valence-corrected chi connectivity index (χ2v) is 3.49. The summed E-state index contributed by atoms with van der Waals surface area (Å²) in [5, 5.41) is 8.94. The standard InChI is InChI=1S/C9H11NO6/c1-5(9(14)15)4-8(13)16-10-6(11)2-3-7(10)12/h5H,2-4H2,1H3,(H,14,15). The predicted molar refractivity (Wildman–Crippen MR) is 48.6 cm³/mol. The lowest BCUT2D eigenvalue weighted by molar-refractivity contribution is -0.198. The minimum Gasteiger partial charge on any atom is -0.481 e. The molecule has 0 aliphatic carbocycles. The summed E-state index contributed by atoms with van der Waals surface area (Å²) in [4.78, 5) is 48.2. The van der Waals surface area contributed by atoms with Crippen molar-refractivity contribution in [2.45, 2.75) is 26.2 Å². The smallest absolute Gasteiger partial charge is 0.334 e. The first kappa shape index (κ1) is 12.2.